The first-order valence-electron chi connectivity index (χ1n) is 5.40. The lowest BCUT2D eigenvalue weighted by Crippen LogP contribution is -2.24. The zero-order valence-electron chi connectivity index (χ0n) is 8.71. The van der Waals surface area contributed by atoms with Crippen LogP contribution >= 0.6 is 0 Å². The molecule has 84 valence electrons. The molecule has 0 heterocycles. The number of hydrogen-bond donors (Lipinski definition) is 2. The monoisotopic (exact) mass is 203 g/mol. The van der Waals surface area contributed by atoms with Gasteiger partial charge in [-0.15, -0.1) is 0 Å². The first kappa shape index (κ1) is 11.9. The molecule has 0 aromatic carbocycles. The fourth-order valence-corrected chi connectivity index (χ4v) is 1.11. The van der Waals surface area contributed by atoms with Crippen molar-refractivity contribution in [2.75, 3.05) is 46.1 Å². The molecule has 2 N–H and O–H groups in total. The van der Waals surface area contributed by atoms with Gasteiger partial charge in [-0.3, -0.25) is 0 Å². The Morgan fingerprint density at radius 3 is 2.43 bits per heavy atom. The second-order valence-corrected chi connectivity index (χ2v) is 3.60. The van der Waals surface area contributed by atoms with Crippen molar-refractivity contribution in [1.29, 1.82) is 0 Å². The molecule has 0 amide bonds. The summed E-state index contributed by atoms with van der Waals surface area (Å²) in [6.45, 7) is 4.62. The molecule has 1 aliphatic rings. The maximum Gasteiger partial charge on any atom is 0.0698 e. The number of ether oxygens (including phenoxy) is 2. The van der Waals surface area contributed by atoms with Gasteiger partial charge >= 0.3 is 0 Å². The fourth-order valence-electron chi connectivity index (χ4n) is 1.11. The van der Waals surface area contributed by atoms with E-state index in [0.29, 0.717) is 13.2 Å². The maximum atomic E-state index is 8.43. The smallest absolute Gasteiger partial charge is 0.0698 e. The van der Waals surface area contributed by atoms with Crippen LogP contribution in [0.4, 0.5) is 0 Å². The van der Waals surface area contributed by atoms with Gasteiger partial charge in [-0.25, -0.2) is 0 Å². The number of hydrogen-bond acceptors (Lipinski definition) is 4. The molecule has 0 aromatic rings. The van der Waals surface area contributed by atoms with E-state index in [-0.39, 0.29) is 6.61 Å². The largest absolute Gasteiger partial charge is 0.394 e. The first-order valence-corrected chi connectivity index (χ1v) is 5.40. The molecule has 0 aliphatic heterocycles. The van der Waals surface area contributed by atoms with Crippen LogP contribution in [0, 0.1) is 5.92 Å². The Morgan fingerprint density at radius 1 is 1.07 bits per heavy atom. The lowest BCUT2D eigenvalue weighted by atomic mass is 10.5. The predicted octanol–water partition coefficient (Wildman–Crippen LogP) is 0.0115. The fraction of sp³-hybridized carbons (Fsp3) is 1.00. The molecular formula is C10H21NO3. The van der Waals surface area contributed by atoms with Gasteiger partial charge in [0.05, 0.1) is 26.4 Å². The average Bonchev–Trinajstić information content (AvgIpc) is 2.99. The van der Waals surface area contributed by atoms with Gasteiger partial charge in [0.25, 0.3) is 0 Å². The summed E-state index contributed by atoms with van der Waals surface area (Å²) in [4.78, 5) is 0. The summed E-state index contributed by atoms with van der Waals surface area (Å²) in [5, 5.41) is 11.6. The van der Waals surface area contributed by atoms with Crippen molar-refractivity contribution in [2.24, 2.45) is 5.92 Å². The molecule has 0 bridgehead atoms. The van der Waals surface area contributed by atoms with Crippen molar-refractivity contribution in [3.8, 4) is 0 Å². The summed E-state index contributed by atoms with van der Waals surface area (Å²) < 4.78 is 10.5. The third-order valence-corrected chi connectivity index (χ3v) is 2.13. The van der Waals surface area contributed by atoms with Crippen molar-refractivity contribution >= 4 is 0 Å². The lowest BCUT2D eigenvalue weighted by Gasteiger charge is -2.05. The summed E-state index contributed by atoms with van der Waals surface area (Å²) in [6, 6.07) is 0. The van der Waals surface area contributed by atoms with Crippen molar-refractivity contribution in [2.45, 2.75) is 12.8 Å². The lowest BCUT2D eigenvalue weighted by molar-refractivity contribution is 0.0901. The van der Waals surface area contributed by atoms with Crippen molar-refractivity contribution in [3.05, 3.63) is 0 Å². The van der Waals surface area contributed by atoms with Gasteiger partial charge < -0.3 is 19.9 Å². The quantitative estimate of drug-likeness (QED) is 0.491. The second-order valence-electron chi connectivity index (χ2n) is 3.60. The summed E-state index contributed by atoms with van der Waals surface area (Å²) in [5.41, 5.74) is 0. The summed E-state index contributed by atoms with van der Waals surface area (Å²) in [5.74, 6) is 0.850. The van der Waals surface area contributed by atoms with Gasteiger partial charge in [-0.2, -0.15) is 0 Å². The topological polar surface area (TPSA) is 50.7 Å². The van der Waals surface area contributed by atoms with Crippen molar-refractivity contribution < 1.29 is 14.6 Å². The molecule has 1 saturated carbocycles. The number of aliphatic hydroxyl groups excluding tert-OH is 1. The predicted molar refractivity (Wildman–Crippen MR) is 54.3 cm³/mol. The van der Waals surface area contributed by atoms with E-state index in [1.54, 1.807) is 0 Å². The van der Waals surface area contributed by atoms with E-state index in [9.17, 15) is 0 Å². The molecule has 0 saturated heterocycles. The Bertz CT molecular complexity index is 129. The van der Waals surface area contributed by atoms with E-state index in [0.717, 1.165) is 32.2 Å². The minimum Gasteiger partial charge on any atom is -0.394 e. The normalized spacial score (nSPS) is 16.1. The number of nitrogens with one attached hydrogen (secondary N) is 1. The van der Waals surface area contributed by atoms with E-state index < -0.39 is 0 Å². The molecule has 1 fully saturated rings. The van der Waals surface area contributed by atoms with Crippen LogP contribution in [0.1, 0.15) is 12.8 Å². The molecule has 0 radical (unpaired) electrons. The standard InChI is InChI=1S/C10H21NO3/c12-5-8-13-6-3-11-4-7-14-9-10-1-2-10/h10-12H,1-9H2. The summed E-state index contributed by atoms with van der Waals surface area (Å²) >= 11 is 0. The van der Waals surface area contributed by atoms with Crippen LogP contribution in [-0.4, -0.2) is 51.2 Å². The van der Waals surface area contributed by atoms with E-state index in [4.69, 9.17) is 14.6 Å². The Labute approximate surface area is 85.6 Å². The molecule has 1 aliphatic carbocycles. The van der Waals surface area contributed by atoms with Crippen LogP contribution in [-0.2, 0) is 9.47 Å². The minimum atomic E-state index is 0.102. The third-order valence-electron chi connectivity index (χ3n) is 2.13. The van der Waals surface area contributed by atoms with Crippen LogP contribution < -0.4 is 5.32 Å². The molecule has 14 heavy (non-hydrogen) atoms. The van der Waals surface area contributed by atoms with Gasteiger partial charge in [0.15, 0.2) is 0 Å². The highest BCUT2D eigenvalue weighted by Crippen LogP contribution is 2.28. The highest BCUT2D eigenvalue weighted by molar-refractivity contribution is 4.71. The third kappa shape index (κ3) is 7.26. The van der Waals surface area contributed by atoms with Gasteiger partial charge in [0, 0.05) is 19.7 Å². The molecule has 0 unspecified atom stereocenters. The van der Waals surface area contributed by atoms with E-state index in [2.05, 4.69) is 5.32 Å². The van der Waals surface area contributed by atoms with E-state index in [1.807, 2.05) is 0 Å². The van der Waals surface area contributed by atoms with Crippen LogP contribution in [0.2, 0.25) is 0 Å². The van der Waals surface area contributed by atoms with Crippen molar-refractivity contribution in [3.63, 3.8) is 0 Å². The van der Waals surface area contributed by atoms with Gasteiger partial charge in [-0.05, 0) is 18.8 Å². The van der Waals surface area contributed by atoms with Crippen LogP contribution in [0.5, 0.6) is 0 Å². The SMILES string of the molecule is OCCOCCNCCOCC1CC1. The second kappa shape index (κ2) is 8.17. The van der Waals surface area contributed by atoms with Crippen LogP contribution in [0.3, 0.4) is 0 Å². The highest BCUT2D eigenvalue weighted by atomic mass is 16.5. The zero-order chi connectivity index (χ0) is 10.1. The number of rotatable bonds is 10. The molecule has 0 atom stereocenters. The summed E-state index contributed by atoms with van der Waals surface area (Å²) in [6.07, 6.45) is 2.70. The Kier molecular flexibility index (Phi) is 6.95. The molecular weight excluding hydrogens is 182 g/mol. The van der Waals surface area contributed by atoms with Gasteiger partial charge in [0.2, 0.25) is 0 Å². The highest BCUT2D eigenvalue weighted by Gasteiger charge is 2.20. The minimum absolute atomic E-state index is 0.102. The Morgan fingerprint density at radius 2 is 1.79 bits per heavy atom. The molecule has 0 spiro atoms. The number of aliphatic hydroxyl groups is 1. The molecule has 4 heteroatoms. The van der Waals surface area contributed by atoms with Gasteiger partial charge in [0.1, 0.15) is 0 Å². The van der Waals surface area contributed by atoms with Crippen LogP contribution in [0.15, 0.2) is 0 Å². The summed E-state index contributed by atoms with van der Waals surface area (Å²) in [7, 11) is 0. The molecule has 1 rings (SSSR count). The average molecular weight is 203 g/mol. The van der Waals surface area contributed by atoms with Crippen molar-refractivity contribution in [1.82, 2.24) is 5.32 Å². The molecule has 4 nitrogen and oxygen atoms in total. The van der Waals surface area contributed by atoms with Gasteiger partial charge in [-0.1, -0.05) is 0 Å². The first-order chi connectivity index (χ1) is 6.93. The van der Waals surface area contributed by atoms with E-state index in [1.165, 1.54) is 12.8 Å². The van der Waals surface area contributed by atoms with E-state index >= 15 is 0 Å². The zero-order valence-corrected chi connectivity index (χ0v) is 8.71. The molecule has 0 aromatic heterocycles. The van der Waals surface area contributed by atoms with Crippen LogP contribution in [0.25, 0.3) is 0 Å². The maximum absolute atomic E-state index is 8.43. The Balaban J connectivity index is 1.63. The Hall–Kier alpha value is -0.160.